The molecule has 2 amide bonds. The van der Waals surface area contributed by atoms with Crippen molar-refractivity contribution in [2.75, 3.05) is 12.3 Å². The van der Waals surface area contributed by atoms with E-state index in [0.29, 0.717) is 18.7 Å². The van der Waals surface area contributed by atoms with Gasteiger partial charge in [0.25, 0.3) is 0 Å². The number of carbonyl (C=O) groups is 2. The second-order valence-electron chi connectivity index (χ2n) is 8.34. The third kappa shape index (κ3) is 7.13. The Morgan fingerprint density at radius 3 is 2.39 bits per heavy atom. The third-order valence-electron chi connectivity index (χ3n) is 5.95. The summed E-state index contributed by atoms with van der Waals surface area (Å²) in [7, 11) is 0. The number of carbonyl (C=O) groups excluding carboxylic acids is 2. The summed E-state index contributed by atoms with van der Waals surface area (Å²) in [6, 6.07) is 18.2. The van der Waals surface area contributed by atoms with Gasteiger partial charge in [0.1, 0.15) is 6.04 Å². The molecule has 0 aromatic heterocycles. The summed E-state index contributed by atoms with van der Waals surface area (Å²) in [6.07, 6.45) is 5.80. The Labute approximate surface area is 190 Å². The lowest BCUT2D eigenvalue weighted by atomic mass is 10.1. The first-order chi connectivity index (χ1) is 15.1. The average molecular weight is 439 g/mol. The molecule has 0 radical (unpaired) electrons. The molecule has 3 rings (SSSR count). The summed E-state index contributed by atoms with van der Waals surface area (Å²) in [4.78, 5) is 29.2. The van der Waals surface area contributed by atoms with Crippen LogP contribution in [0.2, 0.25) is 0 Å². The molecule has 1 unspecified atom stereocenters. The largest absolute Gasteiger partial charge is 0.352 e. The third-order valence-corrected chi connectivity index (χ3v) is 6.95. The van der Waals surface area contributed by atoms with Gasteiger partial charge in [-0.1, -0.05) is 67.8 Å². The van der Waals surface area contributed by atoms with Crippen molar-refractivity contribution < 1.29 is 9.59 Å². The fourth-order valence-electron chi connectivity index (χ4n) is 4.13. The molecule has 2 aromatic rings. The number of rotatable bonds is 10. The highest BCUT2D eigenvalue weighted by molar-refractivity contribution is 8.00. The number of benzene rings is 2. The number of aryl methyl sites for hydroxylation is 1. The van der Waals surface area contributed by atoms with E-state index >= 15 is 0 Å². The summed E-state index contributed by atoms with van der Waals surface area (Å²) < 4.78 is 0. The minimum absolute atomic E-state index is 0.00357. The molecule has 0 saturated heterocycles. The molecule has 0 heterocycles. The molecule has 166 valence electrons. The van der Waals surface area contributed by atoms with Gasteiger partial charge in [-0.15, -0.1) is 11.8 Å². The molecule has 0 bridgehead atoms. The van der Waals surface area contributed by atoms with Crippen LogP contribution in [0.15, 0.2) is 59.5 Å². The van der Waals surface area contributed by atoms with Crippen molar-refractivity contribution >= 4 is 23.6 Å². The molecule has 31 heavy (non-hydrogen) atoms. The minimum atomic E-state index is -0.421. The van der Waals surface area contributed by atoms with Crippen molar-refractivity contribution in [2.24, 2.45) is 0 Å². The van der Waals surface area contributed by atoms with Crippen molar-refractivity contribution in [3.05, 3.63) is 65.7 Å². The molecule has 0 spiro atoms. The van der Waals surface area contributed by atoms with Crippen LogP contribution in [-0.4, -0.2) is 41.1 Å². The van der Waals surface area contributed by atoms with Crippen LogP contribution < -0.4 is 5.32 Å². The van der Waals surface area contributed by atoms with Crippen LogP contribution in [0, 0.1) is 6.92 Å². The molecule has 1 aliphatic carbocycles. The van der Waals surface area contributed by atoms with Gasteiger partial charge in [0, 0.05) is 17.5 Å². The number of amides is 2. The van der Waals surface area contributed by atoms with Gasteiger partial charge in [-0.25, -0.2) is 0 Å². The summed E-state index contributed by atoms with van der Waals surface area (Å²) in [5, 5.41) is 3.20. The first-order valence-electron chi connectivity index (χ1n) is 11.4. The van der Waals surface area contributed by atoms with Crippen LogP contribution in [0.1, 0.15) is 50.2 Å². The van der Waals surface area contributed by atoms with E-state index in [-0.39, 0.29) is 17.9 Å². The lowest BCUT2D eigenvalue weighted by Crippen LogP contribution is -2.52. The van der Waals surface area contributed by atoms with Gasteiger partial charge in [0.05, 0.1) is 5.75 Å². The number of thioether (sulfide) groups is 1. The zero-order chi connectivity index (χ0) is 22.1. The normalized spacial score (nSPS) is 14.9. The van der Waals surface area contributed by atoms with Gasteiger partial charge < -0.3 is 10.2 Å². The van der Waals surface area contributed by atoms with E-state index in [9.17, 15) is 9.59 Å². The fraction of sp³-hybridized carbons (Fsp3) is 0.462. The average Bonchev–Trinajstić information content (AvgIpc) is 3.29. The molecule has 2 aromatic carbocycles. The van der Waals surface area contributed by atoms with E-state index in [4.69, 9.17) is 0 Å². The first-order valence-corrected chi connectivity index (χ1v) is 12.4. The summed E-state index contributed by atoms with van der Waals surface area (Å²) in [5.41, 5.74) is 2.38. The molecule has 1 aliphatic rings. The Hall–Kier alpha value is -2.27. The van der Waals surface area contributed by atoms with E-state index in [0.717, 1.165) is 24.2 Å². The number of nitrogens with zero attached hydrogens (tertiary/aromatic N) is 1. The highest BCUT2D eigenvalue weighted by atomic mass is 32.2. The number of hydrogen-bond acceptors (Lipinski definition) is 3. The van der Waals surface area contributed by atoms with Crippen molar-refractivity contribution in [1.82, 2.24) is 10.2 Å². The van der Waals surface area contributed by atoms with Crippen LogP contribution >= 0.6 is 11.8 Å². The van der Waals surface area contributed by atoms with Crippen LogP contribution in [0.5, 0.6) is 0 Å². The summed E-state index contributed by atoms with van der Waals surface area (Å²) >= 11 is 1.54. The Bertz CT molecular complexity index is 832. The number of nitrogens with one attached hydrogen (secondary N) is 1. The van der Waals surface area contributed by atoms with Gasteiger partial charge in [0.2, 0.25) is 11.8 Å². The molecule has 4 nitrogen and oxygen atoms in total. The van der Waals surface area contributed by atoms with Gasteiger partial charge >= 0.3 is 0 Å². The monoisotopic (exact) mass is 438 g/mol. The standard InChI is InChI=1S/C26H34N2O2S/c1-3-24(26(30)27-22-11-7-8-12-22)28(18-17-21-9-5-4-6-10-21)25(29)19-31-23-15-13-20(2)14-16-23/h4-6,9-10,13-16,22,24H,3,7-8,11-12,17-19H2,1-2H3,(H,27,30). The maximum Gasteiger partial charge on any atom is 0.243 e. The second-order valence-corrected chi connectivity index (χ2v) is 9.39. The molecule has 1 N–H and O–H groups in total. The van der Waals surface area contributed by atoms with Crippen molar-refractivity contribution in [1.29, 1.82) is 0 Å². The van der Waals surface area contributed by atoms with Crippen LogP contribution in [0.3, 0.4) is 0 Å². The predicted octanol–water partition coefficient (Wildman–Crippen LogP) is 5.00. The van der Waals surface area contributed by atoms with Gasteiger partial charge in [-0.05, 0) is 50.3 Å². The van der Waals surface area contributed by atoms with E-state index < -0.39 is 6.04 Å². The quantitative estimate of drug-likeness (QED) is 0.531. The maximum absolute atomic E-state index is 13.3. The highest BCUT2D eigenvalue weighted by Gasteiger charge is 2.30. The zero-order valence-electron chi connectivity index (χ0n) is 18.7. The van der Waals surface area contributed by atoms with E-state index in [1.54, 1.807) is 4.90 Å². The van der Waals surface area contributed by atoms with E-state index in [2.05, 4.69) is 36.5 Å². The maximum atomic E-state index is 13.3. The SMILES string of the molecule is CCC(C(=O)NC1CCCC1)N(CCc1ccccc1)C(=O)CSc1ccc(C)cc1. The van der Waals surface area contributed by atoms with Crippen LogP contribution in [0.25, 0.3) is 0 Å². The van der Waals surface area contributed by atoms with Gasteiger partial charge in [-0.3, -0.25) is 9.59 Å². The molecule has 1 atom stereocenters. The van der Waals surface area contributed by atoms with E-state index in [1.807, 2.05) is 37.3 Å². The highest BCUT2D eigenvalue weighted by Crippen LogP contribution is 2.21. The van der Waals surface area contributed by atoms with Crippen LogP contribution in [0.4, 0.5) is 0 Å². The second kappa shape index (κ2) is 11.9. The molecule has 5 heteroatoms. The first kappa shape index (κ1) is 23.4. The summed E-state index contributed by atoms with van der Waals surface area (Å²) in [6.45, 7) is 4.60. The summed E-state index contributed by atoms with van der Waals surface area (Å²) in [5.74, 6) is 0.358. The minimum Gasteiger partial charge on any atom is -0.352 e. The Balaban J connectivity index is 1.68. The van der Waals surface area contributed by atoms with Crippen molar-refractivity contribution in [3.63, 3.8) is 0 Å². The lowest BCUT2D eigenvalue weighted by molar-refractivity contribution is -0.139. The van der Waals surface area contributed by atoms with Crippen LogP contribution in [-0.2, 0) is 16.0 Å². The molecule has 1 saturated carbocycles. The van der Waals surface area contributed by atoms with Crippen molar-refractivity contribution in [2.45, 2.75) is 69.4 Å². The Kier molecular flexibility index (Phi) is 9.01. The lowest BCUT2D eigenvalue weighted by Gasteiger charge is -2.31. The molecular formula is C26H34N2O2S. The van der Waals surface area contributed by atoms with E-state index in [1.165, 1.54) is 35.7 Å². The smallest absolute Gasteiger partial charge is 0.243 e. The predicted molar refractivity (Wildman–Crippen MR) is 128 cm³/mol. The topological polar surface area (TPSA) is 49.4 Å². The van der Waals surface area contributed by atoms with Gasteiger partial charge in [0.15, 0.2) is 0 Å². The molecule has 1 fully saturated rings. The van der Waals surface area contributed by atoms with Crippen molar-refractivity contribution in [3.8, 4) is 0 Å². The Morgan fingerprint density at radius 1 is 1.06 bits per heavy atom. The fourth-order valence-corrected chi connectivity index (χ4v) is 4.91. The Morgan fingerprint density at radius 2 is 1.74 bits per heavy atom. The van der Waals surface area contributed by atoms with Gasteiger partial charge in [-0.2, -0.15) is 0 Å². The molecule has 0 aliphatic heterocycles. The number of hydrogen-bond donors (Lipinski definition) is 1. The molecular weight excluding hydrogens is 404 g/mol. The zero-order valence-corrected chi connectivity index (χ0v) is 19.5.